The second kappa shape index (κ2) is 11.6. The second-order valence-corrected chi connectivity index (χ2v) is 8.28. The van der Waals surface area contributed by atoms with Crippen molar-refractivity contribution in [3.63, 3.8) is 0 Å². The van der Waals surface area contributed by atoms with E-state index in [1.807, 2.05) is 30.3 Å². The van der Waals surface area contributed by atoms with Gasteiger partial charge in [0.2, 0.25) is 0 Å². The van der Waals surface area contributed by atoms with Crippen LogP contribution in [0, 0.1) is 11.8 Å². The number of carboxylic acid groups (broad SMARTS) is 1. The minimum Gasteiger partial charge on any atom is -0.478 e. The van der Waals surface area contributed by atoms with Gasteiger partial charge >= 0.3 is 18.0 Å². The first-order valence-electron chi connectivity index (χ1n) is 11.6. The Kier molecular flexibility index (Phi) is 7.84. The van der Waals surface area contributed by atoms with E-state index in [0.717, 1.165) is 11.1 Å². The van der Waals surface area contributed by atoms with E-state index in [0.29, 0.717) is 22.6 Å². The Morgan fingerprint density at radius 1 is 0.974 bits per heavy atom. The lowest BCUT2D eigenvalue weighted by atomic mass is 10.1. The molecule has 1 aromatic heterocycles. The van der Waals surface area contributed by atoms with Gasteiger partial charge in [-0.1, -0.05) is 54.5 Å². The van der Waals surface area contributed by atoms with Crippen molar-refractivity contribution in [2.24, 2.45) is 7.05 Å². The number of nitrogens with one attached hydrogen (secondary N) is 2. The lowest BCUT2D eigenvalue weighted by Gasteiger charge is -2.15. The van der Waals surface area contributed by atoms with Crippen LogP contribution in [0.3, 0.4) is 0 Å². The predicted octanol–water partition coefficient (Wildman–Crippen LogP) is 5.09. The molecule has 0 unspecified atom stereocenters. The molecule has 0 radical (unpaired) electrons. The zero-order valence-corrected chi connectivity index (χ0v) is 20.6. The van der Waals surface area contributed by atoms with Gasteiger partial charge in [0.05, 0.1) is 11.8 Å². The number of hydrogen-bond acceptors (Lipinski definition) is 5. The number of benzene rings is 3. The molecule has 2 amide bonds. The fourth-order valence-corrected chi connectivity index (χ4v) is 3.63. The van der Waals surface area contributed by atoms with E-state index >= 15 is 0 Å². The van der Waals surface area contributed by atoms with Crippen LogP contribution in [0.5, 0.6) is 0 Å². The molecule has 3 N–H and O–H groups in total. The number of nitrogens with zero attached hydrogens (tertiary/aromatic N) is 2. The first-order valence-corrected chi connectivity index (χ1v) is 11.6. The number of anilines is 2. The highest BCUT2D eigenvalue weighted by Crippen LogP contribution is 2.28. The Morgan fingerprint density at radius 3 is 2.42 bits per heavy atom. The van der Waals surface area contributed by atoms with Gasteiger partial charge in [0.25, 0.3) is 0 Å². The molecule has 4 aromatic rings. The standard InChI is InChI=1S/C29H24N4O5/c1-19(21-7-4-3-5-8-21)38-29(37)32-27-25(18-30-33(27)2)22-14-11-20(12-15-22)13-16-26(34)31-24-10-6-9-23(17-24)28(35)36/h3-12,14-15,17-19H,1-2H3,(H,31,34)(H,32,37)(H,35,36)/t19-/m1/s1. The maximum atomic E-state index is 12.6. The van der Waals surface area contributed by atoms with Gasteiger partial charge in [0.15, 0.2) is 0 Å². The summed E-state index contributed by atoms with van der Waals surface area (Å²) in [6, 6.07) is 22.4. The third-order valence-electron chi connectivity index (χ3n) is 5.60. The highest BCUT2D eigenvalue weighted by molar-refractivity contribution is 6.04. The van der Waals surface area contributed by atoms with Gasteiger partial charge in [-0.3, -0.25) is 14.8 Å². The van der Waals surface area contributed by atoms with E-state index in [2.05, 4.69) is 27.6 Å². The van der Waals surface area contributed by atoms with Gasteiger partial charge in [0.1, 0.15) is 11.9 Å². The fourth-order valence-electron chi connectivity index (χ4n) is 3.63. The van der Waals surface area contributed by atoms with Gasteiger partial charge < -0.3 is 15.2 Å². The molecule has 0 saturated heterocycles. The maximum Gasteiger partial charge on any atom is 0.413 e. The van der Waals surface area contributed by atoms with Crippen molar-refractivity contribution in [2.75, 3.05) is 10.6 Å². The number of aromatic nitrogens is 2. The van der Waals surface area contributed by atoms with Crippen LogP contribution in [-0.4, -0.2) is 32.9 Å². The van der Waals surface area contributed by atoms with Crippen molar-refractivity contribution >= 4 is 29.5 Å². The Hall–Kier alpha value is -5.36. The van der Waals surface area contributed by atoms with E-state index in [4.69, 9.17) is 9.84 Å². The van der Waals surface area contributed by atoms with Crippen molar-refractivity contribution in [1.82, 2.24) is 9.78 Å². The third kappa shape index (κ3) is 6.44. The van der Waals surface area contributed by atoms with Crippen LogP contribution in [-0.2, 0) is 16.6 Å². The highest BCUT2D eigenvalue weighted by atomic mass is 16.6. The number of aryl methyl sites for hydroxylation is 1. The Morgan fingerprint density at radius 2 is 1.71 bits per heavy atom. The summed E-state index contributed by atoms with van der Waals surface area (Å²) in [7, 11) is 1.71. The molecule has 38 heavy (non-hydrogen) atoms. The van der Waals surface area contributed by atoms with E-state index in [1.165, 1.54) is 18.2 Å². The lowest BCUT2D eigenvalue weighted by molar-refractivity contribution is -0.111. The molecule has 0 aliphatic carbocycles. The molecular weight excluding hydrogens is 484 g/mol. The number of aromatic carboxylic acids is 1. The van der Waals surface area contributed by atoms with Gasteiger partial charge in [-0.15, -0.1) is 0 Å². The van der Waals surface area contributed by atoms with Crippen LogP contribution in [0.15, 0.2) is 85.1 Å². The Balaban J connectivity index is 1.41. The van der Waals surface area contributed by atoms with Gasteiger partial charge in [-0.2, -0.15) is 5.10 Å². The highest BCUT2D eigenvalue weighted by Gasteiger charge is 2.17. The normalized spacial score (nSPS) is 11.0. The number of carbonyl (C=O) groups excluding carboxylic acids is 2. The van der Waals surface area contributed by atoms with E-state index < -0.39 is 24.1 Å². The van der Waals surface area contributed by atoms with Crippen LogP contribution in [0.4, 0.5) is 16.3 Å². The average molecular weight is 509 g/mol. The summed E-state index contributed by atoms with van der Waals surface area (Å²) < 4.78 is 7.06. The Bertz CT molecular complexity index is 1530. The Labute approximate surface area is 219 Å². The van der Waals surface area contributed by atoms with Crippen molar-refractivity contribution in [2.45, 2.75) is 13.0 Å². The summed E-state index contributed by atoms with van der Waals surface area (Å²) in [6.07, 6.45) is 0.605. The largest absolute Gasteiger partial charge is 0.478 e. The SMILES string of the molecule is C[C@@H](OC(=O)Nc1c(-c2ccc(C#CC(=O)Nc3cccc(C(=O)O)c3)cc2)cnn1C)c1ccccc1. The zero-order valence-electron chi connectivity index (χ0n) is 20.6. The van der Waals surface area contributed by atoms with E-state index in [9.17, 15) is 14.4 Å². The van der Waals surface area contributed by atoms with E-state index in [1.54, 1.807) is 55.2 Å². The third-order valence-corrected chi connectivity index (χ3v) is 5.60. The quantitative estimate of drug-likeness (QED) is 0.312. The summed E-state index contributed by atoms with van der Waals surface area (Å²) in [4.78, 5) is 35.8. The number of carboxylic acids is 1. The molecule has 0 aliphatic rings. The number of carbonyl (C=O) groups is 3. The molecule has 0 fully saturated rings. The summed E-state index contributed by atoms with van der Waals surface area (Å²) in [6.45, 7) is 1.80. The lowest BCUT2D eigenvalue weighted by Crippen LogP contribution is -2.18. The number of ether oxygens (including phenoxy) is 1. The molecule has 0 bridgehead atoms. The molecule has 9 nitrogen and oxygen atoms in total. The first-order chi connectivity index (χ1) is 18.3. The summed E-state index contributed by atoms with van der Waals surface area (Å²) in [5.74, 6) is 4.09. The average Bonchev–Trinajstić information content (AvgIpc) is 3.27. The second-order valence-electron chi connectivity index (χ2n) is 8.28. The monoisotopic (exact) mass is 508 g/mol. The van der Waals surface area contributed by atoms with Crippen molar-refractivity contribution < 1.29 is 24.2 Å². The topological polar surface area (TPSA) is 123 Å². The molecule has 0 saturated carbocycles. The minimum absolute atomic E-state index is 0.0644. The minimum atomic E-state index is -1.09. The molecule has 0 spiro atoms. The molecule has 9 heteroatoms. The summed E-state index contributed by atoms with van der Waals surface area (Å²) in [5.41, 5.74) is 3.35. The number of rotatable bonds is 6. The van der Waals surface area contributed by atoms with E-state index in [-0.39, 0.29) is 5.56 Å². The zero-order chi connectivity index (χ0) is 27.1. The smallest absolute Gasteiger partial charge is 0.413 e. The predicted molar refractivity (Wildman–Crippen MR) is 143 cm³/mol. The van der Waals surface area contributed by atoms with Crippen LogP contribution in [0.1, 0.15) is 34.5 Å². The molecule has 4 rings (SSSR count). The van der Waals surface area contributed by atoms with Crippen LogP contribution in [0.25, 0.3) is 11.1 Å². The van der Waals surface area contributed by atoms with Crippen molar-refractivity contribution in [1.29, 1.82) is 0 Å². The summed E-state index contributed by atoms with van der Waals surface area (Å²) >= 11 is 0. The van der Waals surface area contributed by atoms with Crippen molar-refractivity contribution in [3.05, 3.63) is 102 Å². The molecule has 0 aliphatic heterocycles. The van der Waals surface area contributed by atoms with Gasteiger partial charge in [0, 0.05) is 29.8 Å². The molecule has 1 atom stereocenters. The number of amides is 2. The summed E-state index contributed by atoms with van der Waals surface area (Å²) in [5, 5.41) is 18.6. The van der Waals surface area contributed by atoms with Crippen LogP contribution in [0.2, 0.25) is 0 Å². The molecular formula is C29H24N4O5. The van der Waals surface area contributed by atoms with Crippen molar-refractivity contribution in [3.8, 4) is 23.0 Å². The first kappa shape index (κ1) is 25.7. The van der Waals surface area contributed by atoms with Crippen LogP contribution >= 0.6 is 0 Å². The molecule has 3 aromatic carbocycles. The fraction of sp³-hybridized carbons (Fsp3) is 0.103. The maximum absolute atomic E-state index is 12.6. The van der Waals surface area contributed by atoms with Crippen LogP contribution < -0.4 is 10.6 Å². The number of hydrogen-bond donors (Lipinski definition) is 3. The van der Waals surface area contributed by atoms with Gasteiger partial charge in [-0.05, 0) is 48.4 Å². The van der Waals surface area contributed by atoms with Gasteiger partial charge in [-0.25, -0.2) is 9.59 Å². The molecule has 190 valence electrons. The molecule has 1 heterocycles.